The molecule has 4 nitrogen and oxygen atoms in total. The molecular weight excluding hydrogens is 312 g/mol. The summed E-state index contributed by atoms with van der Waals surface area (Å²) < 4.78 is 5.52. The van der Waals surface area contributed by atoms with Crippen LogP contribution in [0.15, 0.2) is 54.6 Å². The Morgan fingerprint density at radius 2 is 1.87 bits per heavy atom. The number of hydrogen-bond donors (Lipinski definition) is 3. The third-order valence-corrected chi connectivity index (χ3v) is 3.48. The Labute approximate surface area is 144 Å². The molecule has 0 amide bonds. The molecule has 0 heterocycles. The van der Waals surface area contributed by atoms with E-state index >= 15 is 0 Å². The number of aliphatic hydroxyl groups excluding tert-OH is 1. The summed E-state index contributed by atoms with van der Waals surface area (Å²) in [5.74, 6) is 0.742. The Bertz CT molecular complexity index is 566. The first-order valence-corrected chi connectivity index (χ1v) is 7.57. The van der Waals surface area contributed by atoms with E-state index in [0.717, 1.165) is 11.4 Å². The minimum absolute atomic E-state index is 0. The van der Waals surface area contributed by atoms with Crippen molar-refractivity contribution in [1.82, 2.24) is 0 Å². The molecule has 0 aliphatic heterocycles. The summed E-state index contributed by atoms with van der Waals surface area (Å²) in [5, 5.41) is 13.4. The zero-order valence-corrected chi connectivity index (χ0v) is 14.1. The lowest BCUT2D eigenvalue weighted by Gasteiger charge is -2.19. The fourth-order valence-corrected chi connectivity index (χ4v) is 2.15. The third-order valence-electron chi connectivity index (χ3n) is 3.48. The summed E-state index contributed by atoms with van der Waals surface area (Å²) in [6.45, 7) is 2.98. The van der Waals surface area contributed by atoms with Crippen molar-refractivity contribution in [1.29, 1.82) is 0 Å². The van der Waals surface area contributed by atoms with Crippen LogP contribution in [0.2, 0.25) is 0 Å². The van der Waals surface area contributed by atoms with E-state index in [4.69, 9.17) is 10.5 Å². The van der Waals surface area contributed by atoms with Crippen LogP contribution in [0, 0.1) is 6.92 Å². The van der Waals surface area contributed by atoms with E-state index in [1.54, 1.807) is 0 Å². The number of anilines is 1. The fourth-order valence-electron chi connectivity index (χ4n) is 2.15. The van der Waals surface area contributed by atoms with Gasteiger partial charge in [0.1, 0.15) is 18.5 Å². The van der Waals surface area contributed by atoms with Gasteiger partial charge in [0.2, 0.25) is 0 Å². The predicted octanol–water partition coefficient (Wildman–Crippen LogP) is 2.99. The largest absolute Gasteiger partial charge is 0.491 e. The molecule has 0 aliphatic rings. The fraction of sp³-hybridized carbons (Fsp3) is 0.333. The molecule has 5 heteroatoms. The molecule has 4 N–H and O–H groups in total. The van der Waals surface area contributed by atoms with Gasteiger partial charge in [-0.2, -0.15) is 0 Å². The van der Waals surface area contributed by atoms with Crippen molar-refractivity contribution in [3.8, 4) is 5.75 Å². The standard InChI is InChI=1S/C18H24N2O2.ClH/c1-14-6-5-7-15(12-14)20-11-10-17(19)18(21)13-22-16-8-3-2-4-9-16;/h2-9,12,17-18,20-21H,10-11,13,19H2,1H3;1H. The van der Waals surface area contributed by atoms with Gasteiger partial charge >= 0.3 is 0 Å². The summed E-state index contributed by atoms with van der Waals surface area (Å²) in [6, 6.07) is 17.3. The normalized spacial score (nSPS) is 12.8. The van der Waals surface area contributed by atoms with E-state index in [1.807, 2.05) is 42.5 Å². The van der Waals surface area contributed by atoms with Crippen LogP contribution in [0.5, 0.6) is 5.75 Å². The molecule has 2 aromatic carbocycles. The number of nitrogens with one attached hydrogen (secondary N) is 1. The second kappa shape index (κ2) is 10.1. The number of ether oxygens (including phenoxy) is 1. The summed E-state index contributed by atoms with van der Waals surface area (Å²) in [7, 11) is 0. The van der Waals surface area contributed by atoms with E-state index in [0.29, 0.717) is 13.0 Å². The lowest BCUT2D eigenvalue weighted by Crippen LogP contribution is -2.40. The maximum absolute atomic E-state index is 10.0. The van der Waals surface area contributed by atoms with Gasteiger partial charge in [0.15, 0.2) is 0 Å². The van der Waals surface area contributed by atoms with Gasteiger partial charge in [-0.1, -0.05) is 30.3 Å². The highest BCUT2D eigenvalue weighted by atomic mass is 35.5. The first-order chi connectivity index (χ1) is 10.6. The van der Waals surface area contributed by atoms with Gasteiger partial charge in [0.25, 0.3) is 0 Å². The van der Waals surface area contributed by atoms with Crippen molar-refractivity contribution < 1.29 is 9.84 Å². The average Bonchev–Trinajstić information content (AvgIpc) is 2.53. The van der Waals surface area contributed by atoms with Gasteiger partial charge in [0, 0.05) is 18.3 Å². The molecule has 0 saturated carbocycles. The minimum Gasteiger partial charge on any atom is -0.491 e. The molecular formula is C18H25ClN2O2. The highest BCUT2D eigenvalue weighted by Crippen LogP contribution is 2.11. The number of halogens is 1. The average molecular weight is 337 g/mol. The molecule has 0 saturated heterocycles. The number of rotatable bonds is 8. The van der Waals surface area contributed by atoms with Crippen LogP contribution in [-0.4, -0.2) is 30.4 Å². The van der Waals surface area contributed by atoms with E-state index in [9.17, 15) is 5.11 Å². The van der Waals surface area contributed by atoms with Crippen molar-refractivity contribution in [2.45, 2.75) is 25.5 Å². The van der Waals surface area contributed by atoms with Gasteiger partial charge in [-0.25, -0.2) is 0 Å². The number of para-hydroxylation sites is 1. The first kappa shape index (κ1) is 19.3. The Hall–Kier alpha value is -1.75. The Kier molecular flexibility index (Phi) is 8.48. The molecule has 0 aliphatic carbocycles. The van der Waals surface area contributed by atoms with Crippen LogP contribution in [0.25, 0.3) is 0 Å². The van der Waals surface area contributed by atoms with Crippen molar-refractivity contribution in [3.05, 3.63) is 60.2 Å². The van der Waals surface area contributed by atoms with Crippen molar-refractivity contribution in [2.24, 2.45) is 5.73 Å². The van der Waals surface area contributed by atoms with E-state index in [1.165, 1.54) is 5.56 Å². The second-order valence-corrected chi connectivity index (χ2v) is 5.44. The summed E-state index contributed by atoms with van der Waals surface area (Å²) in [5.41, 5.74) is 8.29. The third kappa shape index (κ3) is 6.91. The summed E-state index contributed by atoms with van der Waals surface area (Å²) >= 11 is 0. The second-order valence-electron chi connectivity index (χ2n) is 5.44. The smallest absolute Gasteiger partial charge is 0.119 e. The van der Waals surface area contributed by atoms with Crippen LogP contribution in [-0.2, 0) is 0 Å². The van der Waals surface area contributed by atoms with Crippen LogP contribution in [0.4, 0.5) is 5.69 Å². The number of benzene rings is 2. The SMILES string of the molecule is Cc1cccc(NCCC(N)C(O)COc2ccccc2)c1.Cl. The topological polar surface area (TPSA) is 67.5 Å². The van der Waals surface area contributed by atoms with Gasteiger partial charge in [-0.05, 0) is 43.2 Å². The van der Waals surface area contributed by atoms with E-state index in [-0.39, 0.29) is 25.1 Å². The van der Waals surface area contributed by atoms with Crippen LogP contribution >= 0.6 is 12.4 Å². The molecule has 2 atom stereocenters. The molecule has 2 rings (SSSR count). The Morgan fingerprint density at radius 3 is 2.57 bits per heavy atom. The van der Waals surface area contributed by atoms with Crippen molar-refractivity contribution in [2.75, 3.05) is 18.5 Å². The maximum atomic E-state index is 10.0. The van der Waals surface area contributed by atoms with Gasteiger partial charge in [0.05, 0.1) is 0 Å². The van der Waals surface area contributed by atoms with Crippen LogP contribution in [0.3, 0.4) is 0 Å². The first-order valence-electron chi connectivity index (χ1n) is 7.57. The molecule has 2 aromatic rings. The molecule has 2 unspecified atom stereocenters. The highest BCUT2D eigenvalue weighted by molar-refractivity contribution is 5.85. The zero-order valence-electron chi connectivity index (χ0n) is 13.3. The Balaban J connectivity index is 0.00000264. The summed E-state index contributed by atoms with van der Waals surface area (Å²) in [4.78, 5) is 0. The van der Waals surface area contributed by atoms with Crippen LogP contribution < -0.4 is 15.8 Å². The van der Waals surface area contributed by atoms with Gasteiger partial charge in [-0.3, -0.25) is 0 Å². The lowest BCUT2D eigenvalue weighted by molar-refractivity contribution is 0.0836. The quantitative estimate of drug-likeness (QED) is 0.693. The highest BCUT2D eigenvalue weighted by Gasteiger charge is 2.15. The number of aryl methyl sites for hydroxylation is 1. The Morgan fingerprint density at radius 1 is 1.13 bits per heavy atom. The molecule has 0 spiro atoms. The molecule has 0 bridgehead atoms. The monoisotopic (exact) mass is 336 g/mol. The lowest BCUT2D eigenvalue weighted by atomic mass is 10.1. The van der Waals surface area contributed by atoms with E-state index in [2.05, 4.69) is 24.4 Å². The maximum Gasteiger partial charge on any atom is 0.119 e. The minimum atomic E-state index is -0.681. The van der Waals surface area contributed by atoms with Crippen molar-refractivity contribution >= 4 is 18.1 Å². The number of nitrogens with two attached hydrogens (primary N) is 1. The number of hydrogen-bond acceptors (Lipinski definition) is 4. The molecule has 23 heavy (non-hydrogen) atoms. The van der Waals surface area contributed by atoms with Gasteiger partial charge in [-0.15, -0.1) is 12.4 Å². The number of aliphatic hydroxyl groups is 1. The predicted molar refractivity (Wildman–Crippen MR) is 97.5 cm³/mol. The van der Waals surface area contributed by atoms with Crippen molar-refractivity contribution in [3.63, 3.8) is 0 Å². The zero-order chi connectivity index (χ0) is 15.8. The molecule has 126 valence electrons. The van der Waals surface area contributed by atoms with Crippen LogP contribution in [0.1, 0.15) is 12.0 Å². The molecule has 0 aromatic heterocycles. The summed E-state index contributed by atoms with van der Waals surface area (Å²) in [6.07, 6.45) is -0.00714. The van der Waals surface area contributed by atoms with Gasteiger partial charge < -0.3 is 20.9 Å². The molecule has 0 radical (unpaired) electrons. The van der Waals surface area contributed by atoms with E-state index < -0.39 is 6.10 Å². The molecule has 0 fully saturated rings.